The van der Waals surface area contributed by atoms with E-state index < -0.39 is 12.0 Å². The molecule has 1 heterocycles. The number of anilines is 1. The van der Waals surface area contributed by atoms with Gasteiger partial charge in [-0.2, -0.15) is 0 Å². The number of carboxylic acids is 1. The maximum Gasteiger partial charge on any atom is 0.326 e. The van der Waals surface area contributed by atoms with Gasteiger partial charge in [0.15, 0.2) is 0 Å². The van der Waals surface area contributed by atoms with Crippen molar-refractivity contribution in [3.05, 3.63) is 29.8 Å². The normalized spacial score (nSPS) is 14.8. The predicted octanol–water partition coefficient (Wildman–Crippen LogP) is 2.05. The van der Waals surface area contributed by atoms with Crippen molar-refractivity contribution in [2.75, 3.05) is 18.0 Å². The summed E-state index contributed by atoms with van der Waals surface area (Å²) in [5, 5.41) is 11.7. The summed E-state index contributed by atoms with van der Waals surface area (Å²) >= 11 is 0. The first kappa shape index (κ1) is 16.3. The van der Waals surface area contributed by atoms with Gasteiger partial charge in [-0.15, -0.1) is 0 Å². The number of carbonyl (C=O) groups is 2. The first-order valence-corrected chi connectivity index (χ1v) is 7.84. The lowest BCUT2D eigenvalue weighted by Crippen LogP contribution is -2.44. The van der Waals surface area contributed by atoms with Crippen LogP contribution in [0.15, 0.2) is 24.3 Å². The topological polar surface area (TPSA) is 69.6 Å². The predicted molar refractivity (Wildman–Crippen MR) is 86.0 cm³/mol. The van der Waals surface area contributed by atoms with Gasteiger partial charge < -0.3 is 15.3 Å². The van der Waals surface area contributed by atoms with Crippen molar-refractivity contribution in [3.63, 3.8) is 0 Å². The van der Waals surface area contributed by atoms with Crippen molar-refractivity contribution in [1.82, 2.24) is 5.32 Å². The Bertz CT molecular complexity index is 542. The fraction of sp³-hybridized carbons (Fsp3) is 0.529. The van der Waals surface area contributed by atoms with Gasteiger partial charge in [-0.25, -0.2) is 4.79 Å². The lowest BCUT2D eigenvalue weighted by Gasteiger charge is -2.20. The molecular weight excluding hydrogens is 280 g/mol. The largest absolute Gasteiger partial charge is 0.480 e. The standard InChI is InChI=1S/C17H24N2O3/c1-12(2)16(17(21)22)18-15(20)8-5-10-19-11-9-13-6-3-4-7-14(13)19/h3-4,6-7,12,16H,5,8-11H2,1-2H3,(H,18,20)(H,21,22). The number of benzene rings is 1. The molecule has 2 rings (SSSR count). The summed E-state index contributed by atoms with van der Waals surface area (Å²) in [5.41, 5.74) is 2.62. The molecule has 0 radical (unpaired) electrons. The Labute approximate surface area is 131 Å². The fourth-order valence-electron chi connectivity index (χ4n) is 2.83. The van der Waals surface area contributed by atoms with Crippen LogP contribution in [0.25, 0.3) is 0 Å². The van der Waals surface area contributed by atoms with Crippen molar-refractivity contribution >= 4 is 17.6 Å². The Morgan fingerprint density at radius 1 is 1.32 bits per heavy atom. The number of carbonyl (C=O) groups excluding carboxylic acids is 1. The second kappa shape index (κ2) is 7.29. The Morgan fingerprint density at radius 3 is 2.73 bits per heavy atom. The zero-order valence-corrected chi connectivity index (χ0v) is 13.2. The molecule has 1 unspecified atom stereocenters. The molecule has 1 amide bonds. The van der Waals surface area contributed by atoms with E-state index in [2.05, 4.69) is 22.3 Å². The Balaban J connectivity index is 1.77. The Morgan fingerprint density at radius 2 is 2.05 bits per heavy atom. The van der Waals surface area contributed by atoms with Gasteiger partial charge in [0.2, 0.25) is 5.91 Å². The number of nitrogens with one attached hydrogen (secondary N) is 1. The van der Waals surface area contributed by atoms with Crippen molar-refractivity contribution in [2.45, 2.75) is 39.2 Å². The summed E-state index contributed by atoms with van der Waals surface area (Å²) in [6.45, 7) is 5.40. The van der Waals surface area contributed by atoms with Crippen molar-refractivity contribution in [1.29, 1.82) is 0 Å². The number of rotatable bonds is 7. The quantitative estimate of drug-likeness (QED) is 0.809. The summed E-state index contributed by atoms with van der Waals surface area (Å²) in [6.07, 6.45) is 2.14. The van der Waals surface area contributed by atoms with E-state index in [1.54, 1.807) is 13.8 Å². The van der Waals surface area contributed by atoms with Crippen molar-refractivity contribution in [3.8, 4) is 0 Å². The molecule has 22 heavy (non-hydrogen) atoms. The van der Waals surface area contributed by atoms with Crippen LogP contribution in [0.3, 0.4) is 0 Å². The number of aliphatic carboxylic acids is 1. The number of hydrogen-bond donors (Lipinski definition) is 2. The number of fused-ring (bicyclic) bond motifs is 1. The summed E-state index contributed by atoms with van der Waals surface area (Å²) in [6, 6.07) is 7.53. The summed E-state index contributed by atoms with van der Waals surface area (Å²) in [5.74, 6) is -1.28. The van der Waals surface area contributed by atoms with Crippen LogP contribution in [0.2, 0.25) is 0 Å². The average Bonchev–Trinajstić information content (AvgIpc) is 2.88. The van der Waals surface area contributed by atoms with Gasteiger partial charge in [-0.3, -0.25) is 4.79 Å². The van der Waals surface area contributed by atoms with Gasteiger partial charge >= 0.3 is 5.97 Å². The van der Waals surface area contributed by atoms with E-state index in [0.29, 0.717) is 6.42 Å². The molecule has 0 spiro atoms. The molecule has 1 aromatic rings. The molecule has 1 atom stereocenters. The number of para-hydroxylation sites is 1. The minimum Gasteiger partial charge on any atom is -0.480 e. The van der Waals surface area contributed by atoms with E-state index in [1.165, 1.54) is 11.3 Å². The Kier molecular flexibility index (Phi) is 5.41. The van der Waals surface area contributed by atoms with Crippen LogP contribution in [-0.2, 0) is 16.0 Å². The smallest absolute Gasteiger partial charge is 0.326 e. The molecule has 0 fully saturated rings. The minimum atomic E-state index is -0.975. The van der Waals surface area contributed by atoms with E-state index in [1.807, 2.05) is 12.1 Å². The maximum absolute atomic E-state index is 11.9. The number of amides is 1. The second-order valence-corrected chi connectivity index (χ2v) is 6.10. The van der Waals surface area contributed by atoms with Crippen LogP contribution in [0.4, 0.5) is 5.69 Å². The monoisotopic (exact) mass is 304 g/mol. The third-order valence-corrected chi connectivity index (χ3v) is 4.06. The summed E-state index contributed by atoms with van der Waals surface area (Å²) in [4.78, 5) is 25.3. The van der Waals surface area contributed by atoms with Crippen LogP contribution in [0, 0.1) is 5.92 Å². The first-order chi connectivity index (χ1) is 10.5. The molecule has 0 aromatic heterocycles. The Hall–Kier alpha value is -2.04. The number of carboxylic acid groups (broad SMARTS) is 1. The van der Waals surface area contributed by atoms with Gasteiger partial charge in [-0.05, 0) is 30.4 Å². The fourth-order valence-corrected chi connectivity index (χ4v) is 2.83. The van der Waals surface area contributed by atoms with Gasteiger partial charge in [0.05, 0.1) is 0 Å². The van der Waals surface area contributed by atoms with Gasteiger partial charge in [-0.1, -0.05) is 32.0 Å². The zero-order chi connectivity index (χ0) is 16.1. The molecule has 5 heteroatoms. The lowest BCUT2D eigenvalue weighted by atomic mass is 10.0. The van der Waals surface area contributed by atoms with Gasteiger partial charge in [0.1, 0.15) is 6.04 Å². The van der Waals surface area contributed by atoms with Crippen LogP contribution in [-0.4, -0.2) is 36.1 Å². The van der Waals surface area contributed by atoms with E-state index >= 15 is 0 Å². The van der Waals surface area contributed by atoms with Crippen LogP contribution < -0.4 is 10.2 Å². The van der Waals surface area contributed by atoms with Gasteiger partial charge in [0.25, 0.3) is 0 Å². The third kappa shape index (κ3) is 4.00. The molecule has 0 bridgehead atoms. The molecule has 1 aliphatic heterocycles. The highest BCUT2D eigenvalue weighted by molar-refractivity contribution is 5.83. The zero-order valence-electron chi connectivity index (χ0n) is 13.2. The summed E-state index contributed by atoms with van der Waals surface area (Å²) in [7, 11) is 0. The molecule has 1 aromatic carbocycles. The first-order valence-electron chi connectivity index (χ1n) is 7.84. The average molecular weight is 304 g/mol. The van der Waals surface area contributed by atoms with Crippen LogP contribution in [0.1, 0.15) is 32.3 Å². The van der Waals surface area contributed by atoms with Crippen LogP contribution >= 0.6 is 0 Å². The number of hydrogen-bond acceptors (Lipinski definition) is 3. The molecular formula is C17H24N2O3. The highest BCUT2D eigenvalue weighted by Gasteiger charge is 2.23. The summed E-state index contributed by atoms with van der Waals surface area (Å²) < 4.78 is 0. The minimum absolute atomic E-state index is 0.119. The van der Waals surface area contributed by atoms with Gasteiger partial charge in [0, 0.05) is 25.2 Å². The molecule has 5 nitrogen and oxygen atoms in total. The van der Waals surface area contributed by atoms with Crippen LogP contribution in [0.5, 0.6) is 0 Å². The van der Waals surface area contributed by atoms with Crippen molar-refractivity contribution < 1.29 is 14.7 Å². The van der Waals surface area contributed by atoms with Crippen molar-refractivity contribution in [2.24, 2.45) is 5.92 Å². The number of nitrogens with zero attached hydrogens (tertiary/aromatic N) is 1. The molecule has 1 aliphatic rings. The molecule has 0 saturated heterocycles. The third-order valence-electron chi connectivity index (χ3n) is 4.06. The van der Waals surface area contributed by atoms with E-state index in [9.17, 15) is 9.59 Å². The lowest BCUT2D eigenvalue weighted by molar-refractivity contribution is -0.143. The second-order valence-electron chi connectivity index (χ2n) is 6.10. The van der Waals surface area contributed by atoms with E-state index in [4.69, 9.17) is 5.11 Å². The molecule has 120 valence electrons. The maximum atomic E-state index is 11.9. The molecule has 0 aliphatic carbocycles. The highest BCUT2D eigenvalue weighted by Crippen LogP contribution is 2.27. The molecule has 0 saturated carbocycles. The highest BCUT2D eigenvalue weighted by atomic mass is 16.4. The van der Waals surface area contributed by atoms with E-state index in [0.717, 1.165) is 25.9 Å². The SMILES string of the molecule is CC(C)C(NC(=O)CCCN1CCc2ccccc21)C(=O)O. The molecule has 2 N–H and O–H groups in total. The van der Waals surface area contributed by atoms with E-state index in [-0.39, 0.29) is 11.8 Å².